The van der Waals surface area contributed by atoms with Crippen LogP contribution in [0.2, 0.25) is 0 Å². The maximum atomic E-state index is 5.69. The van der Waals surface area contributed by atoms with Gasteiger partial charge in [0, 0.05) is 38.2 Å². The van der Waals surface area contributed by atoms with Crippen molar-refractivity contribution in [1.29, 1.82) is 0 Å². The van der Waals surface area contributed by atoms with Gasteiger partial charge in [0.2, 0.25) is 0 Å². The molecule has 0 bridgehead atoms. The van der Waals surface area contributed by atoms with Crippen LogP contribution in [-0.2, 0) is 16.0 Å². The van der Waals surface area contributed by atoms with Crippen LogP contribution in [0.3, 0.4) is 0 Å². The monoisotopic (exact) mass is 379 g/mol. The van der Waals surface area contributed by atoms with Gasteiger partial charge >= 0.3 is 0 Å². The van der Waals surface area contributed by atoms with E-state index in [1.165, 1.54) is 0 Å². The summed E-state index contributed by atoms with van der Waals surface area (Å²) in [5, 5.41) is 3.40. The Labute approximate surface area is 162 Å². The molecule has 1 heterocycles. The molecule has 7 heteroatoms. The summed E-state index contributed by atoms with van der Waals surface area (Å²) in [4.78, 5) is 7.14. The van der Waals surface area contributed by atoms with E-state index in [4.69, 9.17) is 23.9 Å². The van der Waals surface area contributed by atoms with Crippen molar-refractivity contribution in [2.75, 3.05) is 60.8 Å². The van der Waals surface area contributed by atoms with Crippen molar-refractivity contribution in [3.63, 3.8) is 0 Å². The molecule has 1 unspecified atom stereocenters. The number of rotatable bonds is 10. The number of aliphatic imine (C=N–C) groups is 1. The molecule has 1 aromatic rings. The highest BCUT2D eigenvalue weighted by atomic mass is 16.5. The van der Waals surface area contributed by atoms with Gasteiger partial charge in [-0.25, -0.2) is 4.99 Å². The summed E-state index contributed by atoms with van der Waals surface area (Å²) in [6, 6.07) is 5.87. The van der Waals surface area contributed by atoms with Gasteiger partial charge in [-0.2, -0.15) is 0 Å². The van der Waals surface area contributed by atoms with Crippen LogP contribution in [0.4, 0.5) is 0 Å². The van der Waals surface area contributed by atoms with Crippen LogP contribution in [0, 0.1) is 5.92 Å². The Bertz CT molecular complexity index is 595. The Morgan fingerprint density at radius 3 is 2.78 bits per heavy atom. The second-order valence-corrected chi connectivity index (χ2v) is 6.49. The third-order valence-corrected chi connectivity index (χ3v) is 4.59. The maximum absolute atomic E-state index is 5.69. The highest BCUT2D eigenvalue weighted by Gasteiger charge is 2.25. The van der Waals surface area contributed by atoms with Crippen LogP contribution in [0.15, 0.2) is 23.2 Å². The molecule has 1 fully saturated rings. The molecular formula is C20H33N3O4. The van der Waals surface area contributed by atoms with Crippen molar-refractivity contribution >= 4 is 5.96 Å². The molecule has 0 amide bonds. The smallest absolute Gasteiger partial charge is 0.194 e. The van der Waals surface area contributed by atoms with Gasteiger partial charge in [-0.15, -0.1) is 0 Å². The van der Waals surface area contributed by atoms with Crippen LogP contribution < -0.4 is 14.8 Å². The lowest BCUT2D eigenvalue weighted by atomic mass is 10.1. The number of para-hydroxylation sites is 1. The largest absolute Gasteiger partial charge is 0.493 e. The lowest BCUT2D eigenvalue weighted by molar-refractivity contribution is 0.0536. The Morgan fingerprint density at radius 2 is 2.07 bits per heavy atom. The number of guanidine groups is 1. The standard InChI is InChI=1S/C20H33N3O4/c1-5-21-20(23-10-9-16(14-23)15-27-12-11-24-2)22-13-17-7-6-8-18(25-3)19(17)26-4/h6-8,16H,5,9-15H2,1-4H3,(H,21,22). The molecule has 0 spiro atoms. The minimum atomic E-state index is 0.525. The molecule has 7 nitrogen and oxygen atoms in total. The van der Waals surface area contributed by atoms with Crippen LogP contribution >= 0.6 is 0 Å². The molecule has 0 aromatic heterocycles. The van der Waals surface area contributed by atoms with E-state index in [1.54, 1.807) is 21.3 Å². The minimum absolute atomic E-state index is 0.525. The summed E-state index contributed by atoms with van der Waals surface area (Å²) in [7, 11) is 5.00. The third kappa shape index (κ3) is 6.29. The quantitative estimate of drug-likeness (QED) is 0.382. The zero-order chi connectivity index (χ0) is 19.5. The first kappa shape index (κ1) is 21.3. The lowest BCUT2D eigenvalue weighted by Gasteiger charge is -2.22. The molecule has 1 atom stereocenters. The number of benzene rings is 1. The van der Waals surface area contributed by atoms with E-state index >= 15 is 0 Å². The highest BCUT2D eigenvalue weighted by Crippen LogP contribution is 2.31. The van der Waals surface area contributed by atoms with Crippen LogP contribution in [0.25, 0.3) is 0 Å². The molecule has 0 radical (unpaired) electrons. The fraction of sp³-hybridized carbons (Fsp3) is 0.650. The average Bonchev–Trinajstić information content (AvgIpc) is 3.16. The summed E-state index contributed by atoms with van der Waals surface area (Å²) < 4.78 is 21.6. The third-order valence-electron chi connectivity index (χ3n) is 4.59. The molecular weight excluding hydrogens is 346 g/mol. The van der Waals surface area contributed by atoms with Gasteiger partial charge < -0.3 is 29.2 Å². The van der Waals surface area contributed by atoms with E-state index in [9.17, 15) is 0 Å². The molecule has 1 aromatic carbocycles. The number of hydrogen-bond donors (Lipinski definition) is 1. The summed E-state index contributed by atoms with van der Waals surface area (Å²) in [5.41, 5.74) is 1.01. The molecule has 1 aliphatic heterocycles. The van der Waals surface area contributed by atoms with Gasteiger partial charge in [0.05, 0.1) is 40.6 Å². The zero-order valence-electron chi connectivity index (χ0n) is 17.0. The first-order chi connectivity index (χ1) is 13.2. The molecule has 1 saturated heterocycles. The Balaban J connectivity index is 1.99. The Kier molecular flexibility index (Phi) is 9.21. The van der Waals surface area contributed by atoms with Crippen molar-refractivity contribution in [2.45, 2.75) is 19.9 Å². The van der Waals surface area contributed by atoms with Gasteiger partial charge in [-0.1, -0.05) is 12.1 Å². The normalized spacial score (nSPS) is 17.3. The molecule has 1 N–H and O–H groups in total. The number of likely N-dealkylation sites (tertiary alicyclic amines) is 1. The second kappa shape index (κ2) is 11.7. The van der Waals surface area contributed by atoms with Crippen molar-refractivity contribution in [3.8, 4) is 11.5 Å². The first-order valence-electron chi connectivity index (χ1n) is 9.53. The molecule has 1 aliphatic rings. The van der Waals surface area contributed by atoms with E-state index in [1.807, 2.05) is 18.2 Å². The van der Waals surface area contributed by atoms with E-state index in [-0.39, 0.29) is 0 Å². The SMILES string of the molecule is CCNC(=NCc1cccc(OC)c1OC)N1CCC(COCCOC)C1. The summed E-state index contributed by atoms with van der Waals surface area (Å²) >= 11 is 0. The van der Waals surface area contributed by atoms with Crippen LogP contribution in [-0.4, -0.2) is 71.6 Å². The molecule has 152 valence electrons. The Morgan fingerprint density at radius 1 is 1.22 bits per heavy atom. The van der Waals surface area contributed by atoms with E-state index in [0.29, 0.717) is 25.7 Å². The van der Waals surface area contributed by atoms with Crippen LogP contribution in [0.1, 0.15) is 18.9 Å². The number of nitrogens with one attached hydrogen (secondary N) is 1. The lowest BCUT2D eigenvalue weighted by Crippen LogP contribution is -2.40. The van der Waals surface area contributed by atoms with Gasteiger partial charge in [0.15, 0.2) is 17.5 Å². The second-order valence-electron chi connectivity index (χ2n) is 6.49. The maximum Gasteiger partial charge on any atom is 0.194 e. The first-order valence-corrected chi connectivity index (χ1v) is 9.53. The summed E-state index contributed by atoms with van der Waals surface area (Å²) in [6.45, 7) is 7.45. The number of methoxy groups -OCH3 is 3. The minimum Gasteiger partial charge on any atom is -0.493 e. The van der Waals surface area contributed by atoms with Crippen molar-refractivity contribution in [2.24, 2.45) is 10.9 Å². The van der Waals surface area contributed by atoms with Gasteiger partial charge in [-0.3, -0.25) is 0 Å². The van der Waals surface area contributed by atoms with Crippen molar-refractivity contribution in [3.05, 3.63) is 23.8 Å². The number of hydrogen-bond acceptors (Lipinski definition) is 5. The average molecular weight is 380 g/mol. The Hall–Kier alpha value is -1.99. The molecule has 0 saturated carbocycles. The number of nitrogens with zero attached hydrogens (tertiary/aromatic N) is 2. The van der Waals surface area contributed by atoms with E-state index in [2.05, 4.69) is 17.1 Å². The van der Waals surface area contributed by atoms with Gasteiger partial charge in [-0.05, 0) is 19.4 Å². The van der Waals surface area contributed by atoms with Crippen molar-refractivity contribution < 1.29 is 18.9 Å². The predicted octanol–water partition coefficient (Wildman–Crippen LogP) is 2.15. The van der Waals surface area contributed by atoms with Gasteiger partial charge in [0.1, 0.15) is 0 Å². The van der Waals surface area contributed by atoms with Crippen LogP contribution in [0.5, 0.6) is 11.5 Å². The zero-order valence-corrected chi connectivity index (χ0v) is 17.0. The fourth-order valence-electron chi connectivity index (χ4n) is 3.22. The molecule has 0 aliphatic carbocycles. The number of ether oxygens (including phenoxy) is 4. The molecule has 2 rings (SSSR count). The summed E-state index contributed by atoms with van der Waals surface area (Å²) in [6.07, 6.45) is 1.11. The fourth-order valence-corrected chi connectivity index (χ4v) is 3.22. The highest BCUT2D eigenvalue weighted by molar-refractivity contribution is 5.80. The predicted molar refractivity (Wildman–Crippen MR) is 107 cm³/mol. The summed E-state index contributed by atoms with van der Waals surface area (Å²) in [5.74, 6) is 2.92. The topological polar surface area (TPSA) is 64.6 Å². The van der Waals surface area contributed by atoms with Crippen molar-refractivity contribution in [1.82, 2.24) is 10.2 Å². The van der Waals surface area contributed by atoms with E-state index < -0.39 is 0 Å². The van der Waals surface area contributed by atoms with Gasteiger partial charge in [0.25, 0.3) is 0 Å². The van der Waals surface area contributed by atoms with E-state index in [0.717, 1.165) is 55.7 Å². The molecule has 27 heavy (non-hydrogen) atoms.